The molecule has 1 unspecified atom stereocenters. The summed E-state index contributed by atoms with van der Waals surface area (Å²) in [7, 11) is 0. The van der Waals surface area contributed by atoms with E-state index in [0.717, 1.165) is 19.3 Å². The van der Waals surface area contributed by atoms with Crippen LogP contribution < -0.4 is 5.32 Å². The molecule has 1 fully saturated rings. The molecule has 1 amide bonds. The number of carbonyl (C=O) groups excluding carboxylic acids is 1. The smallest absolute Gasteiger partial charge is 0.254 e. The summed E-state index contributed by atoms with van der Waals surface area (Å²) in [6.07, 6.45) is 5.17. The second-order valence-corrected chi connectivity index (χ2v) is 5.64. The van der Waals surface area contributed by atoms with E-state index in [1.165, 1.54) is 11.8 Å². The molecule has 5 heteroatoms. The summed E-state index contributed by atoms with van der Waals surface area (Å²) in [6.45, 7) is 0. The summed E-state index contributed by atoms with van der Waals surface area (Å²) in [5.41, 5.74) is 1.73. The number of hydrogen-bond acceptors (Lipinski definition) is 3. The van der Waals surface area contributed by atoms with Crippen LogP contribution in [0.4, 0.5) is 0 Å². The minimum atomic E-state index is -0.223. The van der Waals surface area contributed by atoms with Crippen LogP contribution >= 0.6 is 0 Å². The van der Waals surface area contributed by atoms with Gasteiger partial charge in [0.25, 0.3) is 5.91 Å². The molecule has 1 heterocycles. The first-order valence-corrected chi connectivity index (χ1v) is 7.24. The number of aliphatic hydroxyl groups excluding tert-OH is 1. The average molecular weight is 285 g/mol. The Morgan fingerprint density at radius 3 is 2.76 bits per heavy atom. The zero-order valence-electron chi connectivity index (χ0n) is 11.7. The molecule has 1 atom stereocenters. The zero-order valence-corrected chi connectivity index (χ0v) is 11.7. The van der Waals surface area contributed by atoms with Gasteiger partial charge in [0, 0.05) is 12.2 Å². The van der Waals surface area contributed by atoms with Crippen molar-refractivity contribution in [1.82, 2.24) is 15.5 Å². The molecule has 1 aliphatic rings. The van der Waals surface area contributed by atoms with Gasteiger partial charge in [-0.05, 0) is 30.7 Å². The lowest BCUT2D eigenvalue weighted by atomic mass is 9.75. The molecule has 1 saturated carbocycles. The molecule has 0 radical (unpaired) electrons. The van der Waals surface area contributed by atoms with Crippen LogP contribution in [0.2, 0.25) is 0 Å². The van der Waals surface area contributed by atoms with Crippen LogP contribution in [0.5, 0.6) is 0 Å². The molecule has 110 valence electrons. The molecule has 5 nitrogen and oxygen atoms in total. The van der Waals surface area contributed by atoms with Gasteiger partial charge >= 0.3 is 0 Å². The van der Waals surface area contributed by atoms with E-state index in [1.807, 2.05) is 18.2 Å². The van der Waals surface area contributed by atoms with Crippen LogP contribution in [0.3, 0.4) is 0 Å². The third-order valence-electron chi connectivity index (χ3n) is 4.09. The molecule has 1 aliphatic carbocycles. The van der Waals surface area contributed by atoms with Crippen LogP contribution in [-0.2, 0) is 6.42 Å². The maximum atomic E-state index is 12.2. The molecule has 1 aromatic heterocycles. The predicted molar refractivity (Wildman–Crippen MR) is 78.7 cm³/mol. The predicted octanol–water partition coefficient (Wildman–Crippen LogP) is 1.52. The summed E-state index contributed by atoms with van der Waals surface area (Å²) in [6, 6.07) is 10.1. The third-order valence-corrected chi connectivity index (χ3v) is 4.09. The topological polar surface area (TPSA) is 78.0 Å². The Balaban J connectivity index is 1.69. The minimum Gasteiger partial charge on any atom is -0.393 e. The van der Waals surface area contributed by atoms with Crippen molar-refractivity contribution in [2.45, 2.75) is 31.4 Å². The van der Waals surface area contributed by atoms with Crippen LogP contribution in [0.15, 0.2) is 42.7 Å². The van der Waals surface area contributed by atoms with E-state index in [4.69, 9.17) is 0 Å². The van der Waals surface area contributed by atoms with Crippen molar-refractivity contribution >= 4 is 5.91 Å². The number of hydrogen-bond donors (Lipinski definition) is 3. The fourth-order valence-corrected chi connectivity index (χ4v) is 2.79. The first kappa shape index (κ1) is 13.8. The molecule has 3 N–H and O–H groups in total. The van der Waals surface area contributed by atoms with E-state index in [-0.39, 0.29) is 18.1 Å². The van der Waals surface area contributed by atoms with Crippen LogP contribution in [-0.4, -0.2) is 33.4 Å². The van der Waals surface area contributed by atoms with Gasteiger partial charge in [-0.25, -0.2) is 0 Å². The lowest BCUT2D eigenvalue weighted by Gasteiger charge is -2.38. The molecule has 1 aromatic carbocycles. The molecule has 0 spiro atoms. The van der Waals surface area contributed by atoms with Gasteiger partial charge in [0.15, 0.2) is 0 Å². The number of nitrogens with one attached hydrogen (secondary N) is 2. The van der Waals surface area contributed by atoms with Gasteiger partial charge in [0.05, 0.1) is 17.9 Å². The highest BCUT2D eigenvalue weighted by Crippen LogP contribution is 2.31. The van der Waals surface area contributed by atoms with Gasteiger partial charge in [-0.2, -0.15) is 5.10 Å². The van der Waals surface area contributed by atoms with Crippen LogP contribution in [0.1, 0.15) is 28.8 Å². The minimum absolute atomic E-state index is 0.0400. The van der Waals surface area contributed by atoms with Crippen molar-refractivity contribution in [3.05, 3.63) is 53.9 Å². The summed E-state index contributed by atoms with van der Waals surface area (Å²) in [5, 5.41) is 19.1. The molecular weight excluding hydrogens is 266 g/mol. The molecule has 2 aromatic rings. The first-order chi connectivity index (χ1) is 10.2. The van der Waals surface area contributed by atoms with E-state index < -0.39 is 0 Å². The Kier molecular flexibility index (Phi) is 4.01. The van der Waals surface area contributed by atoms with Gasteiger partial charge < -0.3 is 10.4 Å². The van der Waals surface area contributed by atoms with Crippen molar-refractivity contribution in [2.24, 2.45) is 5.92 Å². The van der Waals surface area contributed by atoms with E-state index >= 15 is 0 Å². The average Bonchev–Trinajstić information content (AvgIpc) is 2.98. The second-order valence-electron chi connectivity index (χ2n) is 5.64. The third kappa shape index (κ3) is 3.31. The Bertz CT molecular complexity index is 577. The second kappa shape index (κ2) is 6.10. The highest BCUT2D eigenvalue weighted by molar-refractivity contribution is 5.93. The number of amides is 1. The quantitative estimate of drug-likeness (QED) is 0.779. The Morgan fingerprint density at radius 1 is 1.38 bits per heavy atom. The fourth-order valence-electron chi connectivity index (χ4n) is 2.79. The number of H-pyrrole nitrogens is 1. The van der Waals surface area contributed by atoms with Crippen molar-refractivity contribution in [1.29, 1.82) is 0 Å². The largest absolute Gasteiger partial charge is 0.393 e. The van der Waals surface area contributed by atoms with Crippen molar-refractivity contribution in [3.63, 3.8) is 0 Å². The number of carbonyl (C=O) groups is 1. The lowest BCUT2D eigenvalue weighted by molar-refractivity contribution is 0.0239. The molecule has 0 aliphatic heterocycles. The number of benzene rings is 1. The van der Waals surface area contributed by atoms with Gasteiger partial charge in [-0.15, -0.1) is 0 Å². The molecule has 21 heavy (non-hydrogen) atoms. The summed E-state index contributed by atoms with van der Waals surface area (Å²) in [5.74, 6) is 0.210. The monoisotopic (exact) mass is 285 g/mol. The van der Waals surface area contributed by atoms with E-state index in [1.54, 1.807) is 6.20 Å². The highest BCUT2D eigenvalue weighted by Gasteiger charge is 2.34. The van der Waals surface area contributed by atoms with E-state index in [2.05, 4.69) is 27.6 Å². The zero-order chi connectivity index (χ0) is 14.7. The Morgan fingerprint density at radius 2 is 2.14 bits per heavy atom. The number of aliphatic hydroxyl groups is 1. The maximum absolute atomic E-state index is 12.2. The summed E-state index contributed by atoms with van der Waals surface area (Å²) < 4.78 is 0. The summed E-state index contributed by atoms with van der Waals surface area (Å²) >= 11 is 0. The number of nitrogens with zero attached hydrogens (tertiary/aromatic N) is 1. The summed E-state index contributed by atoms with van der Waals surface area (Å²) in [4.78, 5) is 12.2. The van der Waals surface area contributed by atoms with Gasteiger partial charge in [-0.1, -0.05) is 30.3 Å². The van der Waals surface area contributed by atoms with Crippen LogP contribution in [0.25, 0.3) is 0 Å². The number of aromatic amines is 1. The van der Waals surface area contributed by atoms with E-state index in [0.29, 0.717) is 11.5 Å². The maximum Gasteiger partial charge on any atom is 0.254 e. The van der Waals surface area contributed by atoms with Crippen LogP contribution in [0, 0.1) is 5.92 Å². The van der Waals surface area contributed by atoms with Crippen molar-refractivity contribution < 1.29 is 9.90 Å². The lowest BCUT2D eigenvalue weighted by Crippen LogP contribution is -2.48. The van der Waals surface area contributed by atoms with E-state index in [9.17, 15) is 9.90 Å². The number of aromatic nitrogens is 2. The highest BCUT2D eigenvalue weighted by atomic mass is 16.3. The molecular formula is C16H19N3O2. The molecule has 0 saturated heterocycles. The molecule has 0 bridgehead atoms. The van der Waals surface area contributed by atoms with Gasteiger partial charge in [-0.3, -0.25) is 9.89 Å². The van der Waals surface area contributed by atoms with Gasteiger partial charge in [0.2, 0.25) is 0 Å². The van der Waals surface area contributed by atoms with Gasteiger partial charge in [0.1, 0.15) is 0 Å². The fraction of sp³-hybridized carbons (Fsp3) is 0.375. The Labute approximate surface area is 123 Å². The number of rotatable bonds is 5. The first-order valence-electron chi connectivity index (χ1n) is 7.24. The Hall–Kier alpha value is -2.14. The SMILES string of the molecule is O=C(NC(Cc1ccccc1)C1CC(O)C1)c1cn[nH]c1. The molecule has 3 rings (SSSR count). The van der Waals surface area contributed by atoms with Crippen molar-refractivity contribution in [3.8, 4) is 0 Å². The standard InChI is InChI=1S/C16H19N3O2/c20-14-7-12(8-14)15(6-11-4-2-1-3-5-11)19-16(21)13-9-17-18-10-13/h1-5,9-10,12,14-15,20H,6-8H2,(H,17,18)(H,19,21). The van der Waals surface area contributed by atoms with Crippen molar-refractivity contribution in [2.75, 3.05) is 0 Å². The normalized spacial score (nSPS) is 22.3.